The van der Waals surface area contributed by atoms with Crippen LogP contribution in [0.5, 0.6) is 5.75 Å². The Labute approximate surface area is 178 Å². The van der Waals surface area contributed by atoms with Crippen molar-refractivity contribution in [1.82, 2.24) is 9.62 Å². The van der Waals surface area contributed by atoms with Crippen LogP contribution in [0.1, 0.15) is 62.2 Å². The van der Waals surface area contributed by atoms with E-state index in [1.165, 1.54) is 29.6 Å². The highest BCUT2D eigenvalue weighted by Crippen LogP contribution is 2.31. The summed E-state index contributed by atoms with van der Waals surface area (Å²) in [6, 6.07) is 4.17. The molecule has 1 aliphatic heterocycles. The minimum atomic E-state index is -3.84. The zero-order chi connectivity index (χ0) is 21.7. The number of nitrogens with zero attached hydrogens (tertiary/aromatic N) is 1. The first kappa shape index (κ1) is 22.6. The van der Waals surface area contributed by atoms with Crippen molar-refractivity contribution in [3.63, 3.8) is 0 Å². The highest BCUT2D eigenvalue weighted by Gasteiger charge is 2.33. The lowest BCUT2D eigenvalue weighted by atomic mass is 10.1. The Hall–Kier alpha value is -2.13. The molecule has 1 N–H and O–H groups in total. The van der Waals surface area contributed by atoms with Crippen LogP contribution in [0.2, 0.25) is 0 Å². The van der Waals surface area contributed by atoms with Crippen LogP contribution in [0.15, 0.2) is 23.1 Å². The predicted molar refractivity (Wildman–Crippen MR) is 111 cm³/mol. The number of hydrogen-bond acceptors (Lipinski definition) is 6. The molecule has 30 heavy (non-hydrogen) atoms. The number of piperidine rings is 1. The molecule has 0 radical (unpaired) electrons. The van der Waals surface area contributed by atoms with E-state index in [2.05, 4.69) is 5.32 Å². The maximum absolute atomic E-state index is 13.2. The van der Waals surface area contributed by atoms with Crippen LogP contribution in [-0.4, -0.2) is 56.9 Å². The van der Waals surface area contributed by atoms with Gasteiger partial charge in [-0.3, -0.25) is 4.79 Å². The monoisotopic (exact) mass is 438 g/mol. The van der Waals surface area contributed by atoms with Gasteiger partial charge in [0.2, 0.25) is 10.0 Å². The van der Waals surface area contributed by atoms with Crippen molar-refractivity contribution in [2.45, 2.75) is 68.8 Å². The molecule has 0 bridgehead atoms. The summed E-state index contributed by atoms with van der Waals surface area (Å²) >= 11 is 0. The molecule has 9 heteroatoms. The number of esters is 1. The predicted octanol–water partition coefficient (Wildman–Crippen LogP) is 2.47. The fourth-order valence-electron chi connectivity index (χ4n) is 4.11. The van der Waals surface area contributed by atoms with E-state index in [4.69, 9.17) is 9.47 Å². The minimum absolute atomic E-state index is 0.0627. The molecule has 0 aromatic heterocycles. The zero-order valence-electron chi connectivity index (χ0n) is 17.6. The molecule has 8 nitrogen and oxygen atoms in total. The number of rotatable bonds is 7. The van der Waals surface area contributed by atoms with E-state index in [9.17, 15) is 18.0 Å². The Morgan fingerprint density at radius 2 is 1.83 bits per heavy atom. The molecule has 2 fully saturated rings. The second kappa shape index (κ2) is 9.78. The van der Waals surface area contributed by atoms with Gasteiger partial charge in [-0.15, -0.1) is 0 Å². The van der Waals surface area contributed by atoms with Gasteiger partial charge in [-0.1, -0.05) is 19.3 Å². The molecule has 1 saturated carbocycles. The molecular formula is C21H30N2O6S. The molecule has 1 saturated heterocycles. The lowest BCUT2D eigenvalue weighted by Gasteiger charge is -2.32. The van der Waals surface area contributed by atoms with Gasteiger partial charge in [0, 0.05) is 18.6 Å². The highest BCUT2D eigenvalue weighted by molar-refractivity contribution is 7.89. The van der Waals surface area contributed by atoms with Crippen LogP contribution in [0, 0.1) is 0 Å². The normalized spacial score (nSPS) is 20.7. The topological polar surface area (TPSA) is 102 Å². The van der Waals surface area contributed by atoms with Gasteiger partial charge < -0.3 is 14.8 Å². The average Bonchev–Trinajstić information content (AvgIpc) is 3.24. The molecular weight excluding hydrogens is 408 g/mol. The molecule has 166 valence electrons. The fraction of sp³-hybridized carbons (Fsp3) is 0.619. The molecule has 0 spiro atoms. The highest BCUT2D eigenvalue weighted by atomic mass is 32.2. The van der Waals surface area contributed by atoms with Gasteiger partial charge in [-0.2, -0.15) is 4.31 Å². The maximum Gasteiger partial charge on any atom is 0.338 e. The number of benzene rings is 1. The Morgan fingerprint density at radius 3 is 2.50 bits per heavy atom. The molecule has 1 aliphatic carbocycles. The number of amides is 1. The van der Waals surface area contributed by atoms with Crippen LogP contribution >= 0.6 is 0 Å². The fourth-order valence-corrected chi connectivity index (χ4v) is 6.00. The Kier molecular flexibility index (Phi) is 7.36. The Morgan fingerprint density at radius 1 is 1.13 bits per heavy atom. The number of ether oxygens (including phenoxy) is 2. The summed E-state index contributed by atoms with van der Waals surface area (Å²) in [4.78, 5) is 24.4. The van der Waals surface area contributed by atoms with Gasteiger partial charge in [0.25, 0.3) is 5.91 Å². The van der Waals surface area contributed by atoms with Crippen molar-refractivity contribution in [1.29, 1.82) is 0 Å². The van der Waals surface area contributed by atoms with Gasteiger partial charge in [0.1, 0.15) is 10.6 Å². The first-order chi connectivity index (χ1) is 14.3. The molecule has 2 aliphatic rings. The summed E-state index contributed by atoms with van der Waals surface area (Å²) in [5.41, 5.74) is 0.0627. The number of methoxy groups -OCH3 is 1. The third-order valence-corrected chi connectivity index (χ3v) is 7.82. The number of nitrogens with one attached hydrogen (secondary N) is 1. The third-order valence-electron chi connectivity index (χ3n) is 5.78. The molecule has 1 amide bonds. The molecule has 1 atom stereocenters. The van der Waals surface area contributed by atoms with Crippen molar-refractivity contribution < 1.29 is 27.5 Å². The van der Waals surface area contributed by atoms with E-state index in [0.717, 1.165) is 44.9 Å². The van der Waals surface area contributed by atoms with Gasteiger partial charge in [0.05, 0.1) is 12.7 Å². The standard InChI is InChI=1S/C21H30N2O6S/c1-15-7-5-6-12-23(15)30(26,27)19-13-16(10-11-18(19)28-2)21(25)29-14-20(24)22-17-8-3-4-9-17/h10-11,13,15,17H,3-9,12,14H2,1-2H3,(H,22,24). The second-order valence-corrected chi connectivity index (χ2v) is 9.81. The van der Waals surface area contributed by atoms with Crippen molar-refractivity contribution in [2.75, 3.05) is 20.3 Å². The largest absolute Gasteiger partial charge is 0.495 e. The lowest BCUT2D eigenvalue weighted by molar-refractivity contribution is -0.124. The van der Waals surface area contributed by atoms with Crippen LogP contribution in [0.3, 0.4) is 0 Å². The van der Waals surface area contributed by atoms with E-state index in [0.29, 0.717) is 6.54 Å². The van der Waals surface area contributed by atoms with Crippen LogP contribution in [-0.2, 0) is 19.6 Å². The first-order valence-electron chi connectivity index (χ1n) is 10.5. The smallest absolute Gasteiger partial charge is 0.338 e. The summed E-state index contributed by atoms with van der Waals surface area (Å²) in [5.74, 6) is -0.926. The summed E-state index contributed by atoms with van der Waals surface area (Å²) in [6.45, 7) is 1.92. The summed E-state index contributed by atoms with van der Waals surface area (Å²) in [5, 5.41) is 2.85. The second-order valence-electron chi connectivity index (χ2n) is 7.95. The van der Waals surface area contributed by atoms with Crippen molar-refractivity contribution >= 4 is 21.9 Å². The number of carbonyl (C=O) groups is 2. The van der Waals surface area contributed by atoms with Crippen LogP contribution < -0.4 is 10.1 Å². The van der Waals surface area contributed by atoms with Crippen molar-refractivity contribution in [2.24, 2.45) is 0 Å². The third kappa shape index (κ3) is 5.13. The molecule has 1 heterocycles. The maximum atomic E-state index is 13.2. The van der Waals surface area contributed by atoms with Gasteiger partial charge in [-0.25, -0.2) is 13.2 Å². The average molecular weight is 439 g/mol. The SMILES string of the molecule is COc1ccc(C(=O)OCC(=O)NC2CCCC2)cc1S(=O)(=O)N1CCCCC1C. The van der Waals surface area contributed by atoms with Crippen molar-refractivity contribution in [3.05, 3.63) is 23.8 Å². The minimum Gasteiger partial charge on any atom is -0.495 e. The summed E-state index contributed by atoms with van der Waals surface area (Å²) in [7, 11) is -2.45. The zero-order valence-corrected chi connectivity index (χ0v) is 18.4. The Bertz CT molecular complexity index is 879. The van der Waals surface area contributed by atoms with E-state index in [1.807, 2.05) is 6.92 Å². The van der Waals surface area contributed by atoms with Gasteiger partial charge >= 0.3 is 5.97 Å². The molecule has 1 aromatic rings. The van der Waals surface area contributed by atoms with Gasteiger partial charge in [-0.05, 0) is 50.8 Å². The molecule has 1 aromatic carbocycles. The Balaban J connectivity index is 1.73. The number of hydrogen-bond donors (Lipinski definition) is 1. The lowest BCUT2D eigenvalue weighted by Crippen LogP contribution is -2.42. The van der Waals surface area contributed by atoms with Crippen LogP contribution in [0.4, 0.5) is 0 Å². The summed E-state index contributed by atoms with van der Waals surface area (Å²) in [6.07, 6.45) is 6.62. The molecule has 3 rings (SSSR count). The van der Waals surface area contributed by atoms with E-state index in [1.54, 1.807) is 0 Å². The molecule has 1 unspecified atom stereocenters. The quantitative estimate of drug-likeness (QED) is 0.656. The van der Waals surface area contributed by atoms with Crippen molar-refractivity contribution in [3.8, 4) is 5.75 Å². The van der Waals surface area contributed by atoms with E-state index >= 15 is 0 Å². The summed E-state index contributed by atoms with van der Waals surface area (Å²) < 4.78 is 38.3. The number of sulfonamides is 1. The van der Waals surface area contributed by atoms with Gasteiger partial charge in [0.15, 0.2) is 6.61 Å². The number of carbonyl (C=O) groups excluding carboxylic acids is 2. The van der Waals surface area contributed by atoms with Crippen LogP contribution in [0.25, 0.3) is 0 Å². The van der Waals surface area contributed by atoms with E-state index in [-0.39, 0.29) is 34.2 Å². The first-order valence-corrected chi connectivity index (χ1v) is 11.9. The van der Waals surface area contributed by atoms with E-state index < -0.39 is 22.6 Å².